The lowest BCUT2D eigenvalue weighted by atomic mass is 9.90. The van der Waals surface area contributed by atoms with E-state index in [1.807, 2.05) is 18.2 Å². The highest BCUT2D eigenvalue weighted by Gasteiger charge is 2.27. The van der Waals surface area contributed by atoms with E-state index in [4.69, 9.17) is 4.74 Å². The van der Waals surface area contributed by atoms with Crippen molar-refractivity contribution in [1.82, 2.24) is 10.2 Å². The first-order chi connectivity index (χ1) is 13.2. The van der Waals surface area contributed by atoms with Gasteiger partial charge in [-0.25, -0.2) is 8.42 Å². The Kier molecular flexibility index (Phi) is 8.31. The molecule has 6 nitrogen and oxygen atoms in total. The van der Waals surface area contributed by atoms with Crippen LogP contribution in [0, 0.1) is 11.3 Å². The Morgan fingerprint density at radius 2 is 2.04 bits per heavy atom. The third-order valence-corrected chi connectivity index (χ3v) is 6.08. The number of sulfone groups is 1. The van der Waals surface area contributed by atoms with Crippen molar-refractivity contribution in [3.05, 3.63) is 35.9 Å². The molecule has 7 heteroatoms. The van der Waals surface area contributed by atoms with E-state index in [0.29, 0.717) is 25.5 Å². The van der Waals surface area contributed by atoms with Crippen molar-refractivity contribution in [2.75, 3.05) is 45.3 Å². The minimum Gasteiger partial charge on any atom is -0.376 e. The van der Waals surface area contributed by atoms with Gasteiger partial charge in [-0.15, -0.1) is 0 Å². The molecule has 1 aromatic carbocycles. The molecule has 0 aromatic heterocycles. The monoisotopic (exact) mass is 409 g/mol. The molecule has 0 spiro atoms. The third-order valence-electron chi connectivity index (χ3n) is 5.14. The Labute approximate surface area is 170 Å². The van der Waals surface area contributed by atoms with Crippen molar-refractivity contribution in [3.8, 4) is 0 Å². The molecule has 1 saturated heterocycles. The first-order valence-corrected chi connectivity index (χ1v) is 12.0. The van der Waals surface area contributed by atoms with Crippen molar-refractivity contribution < 1.29 is 13.2 Å². The van der Waals surface area contributed by atoms with E-state index in [2.05, 4.69) is 41.2 Å². The Bertz CT molecular complexity index is 733. The Hall–Kier alpha value is -1.60. The summed E-state index contributed by atoms with van der Waals surface area (Å²) in [4.78, 5) is 6.68. The van der Waals surface area contributed by atoms with Gasteiger partial charge in [0.15, 0.2) is 5.96 Å². The molecule has 1 aliphatic heterocycles. The second-order valence-electron chi connectivity index (χ2n) is 8.55. The number of ether oxygens (including phenoxy) is 1. The Balaban J connectivity index is 1.74. The molecule has 0 amide bonds. The number of nitrogens with one attached hydrogen (secondary N) is 1. The smallest absolute Gasteiger partial charge is 0.193 e. The Morgan fingerprint density at radius 3 is 2.68 bits per heavy atom. The van der Waals surface area contributed by atoms with Crippen molar-refractivity contribution in [3.63, 3.8) is 0 Å². The van der Waals surface area contributed by atoms with E-state index in [0.717, 1.165) is 32.1 Å². The zero-order valence-electron chi connectivity index (χ0n) is 17.6. The summed E-state index contributed by atoms with van der Waals surface area (Å²) in [5, 5.41) is 3.43. The minimum absolute atomic E-state index is 0.114. The van der Waals surface area contributed by atoms with Crippen LogP contribution in [0.3, 0.4) is 0 Å². The van der Waals surface area contributed by atoms with Gasteiger partial charge in [-0.05, 0) is 23.8 Å². The first kappa shape index (κ1) is 22.7. The maximum Gasteiger partial charge on any atom is 0.193 e. The standard InChI is InChI=1S/C21H35N3O3S/c1-21(2,11-13-28(4,25)26)17-23-20(22-3)24-12-10-19(14-24)16-27-15-18-8-6-5-7-9-18/h5-9,19H,10-17H2,1-4H3,(H,22,23). The van der Waals surface area contributed by atoms with Crippen LogP contribution in [0.4, 0.5) is 0 Å². The SMILES string of the molecule is CN=C(NCC(C)(C)CCS(C)(=O)=O)N1CCC(COCc2ccccc2)C1. The molecule has 1 aliphatic rings. The summed E-state index contributed by atoms with van der Waals surface area (Å²) in [7, 11) is -1.14. The predicted octanol–water partition coefficient (Wildman–Crippen LogP) is 2.56. The van der Waals surface area contributed by atoms with E-state index >= 15 is 0 Å². The lowest BCUT2D eigenvalue weighted by molar-refractivity contribution is 0.0906. The fourth-order valence-corrected chi connectivity index (χ4v) is 4.20. The summed E-state index contributed by atoms with van der Waals surface area (Å²) in [5.74, 6) is 1.60. The molecule has 1 aromatic rings. The molecule has 1 N–H and O–H groups in total. The highest BCUT2D eigenvalue weighted by atomic mass is 32.2. The minimum atomic E-state index is -2.94. The molecule has 1 fully saturated rings. The quantitative estimate of drug-likeness (QED) is 0.501. The molecule has 1 heterocycles. The summed E-state index contributed by atoms with van der Waals surface area (Å²) in [6, 6.07) is 10.2. The largest absolute Gasteiger partial charge is 0.376 e. The van der Waals surface area contributed by atoms with Gasteiger partial charge in [0, 0.05) is 38.9 Å². The van der Waals surface area contributed by atoms with E-state index in [-0.39, 0.29) is 11.2 Å². The van der Waals surface area contributed by atoms with E-state index in [9.17, 15) is 8.42 Å². The number of likely N-dealkylation sites (tertiary alicyclic amines) is 1. The molecule has 1 atom stereocenters. The van der Waals surface area contributed by atoms with Gasteiger partial charge in [-0.1, -0.05) is 44.2 Å². The fraction of sp³-hybridized carbons (Fsp3) is 0.667. The van der Waals surface area contributed by atoms with Crippen LogP contribution in [0.1, 0.15) is 32.3 Å². The molecular formula is C21H35N3O3S. The van der Waals surface area contributed by atoms with Gasteiger partial charge in [0.2, 0.25) is 0 Å². The van der Waals surface area contributed by atoms with Crippen LogP contribution in [0.15, 0.2) is 35.3 Å². The van der Waals surface area contributed by atoms with Crippen LogP contribution >= 0.6 is 0 Å². The van der Waals surface area contributed by atoms with Gasteiger partial charge in [-0.3, -0.25) is 4.99 Å². The number of benzene rings is 1. The zero-order valence-corrected chi connectivity index (χ0v) is 18.5. The molecular weight excluding hydrogens is 374 g/mol. The molecule has 1 unspecified atom stereocenters. The molecule has 0 bridgehead atoms. The number of guanidine groups is 1. The normalized spacial score (nSPS) is 18.5. The maximum atomic E-state index is 11.4. The van der Waals surface area contributed by atoms with Crippen molar-refractivity contribution in [1.29, 1.82) is 0 Å². The molecule has 28 heavy (non-hydrogen) atoms. The van der Waals surface area contributed by atoms with Crippen LogP contribution in [0.2, 0.25) is 0 Å². The summed E-state index contributed by atoms with van der Waals surface area (Å²) >= 11 is 0. The van der Waals surface area contributed by atoms with Gasteiger partial charge < -0.3 is 15.0 Å². The number of nitrogens with zero attached hydrogens (tertiary/aromatic N) is 2. The number of aliphatic imine (C=N–C) groups is 1. The second-order valence-corrected chi connectivity index (χ2v) is 10.8. The average Bonchev–Trinajstić information content (AvgIpc) is 3.10. The van der Waals surface area contributed by atoms with E-state index < -0.39 is 9.84 Å². The highest BCUT2D eigenvalue weighted by Crippen LogP contribution is 2.21. The average molecular weight is 410 g/mol. The maximum absolute atomic E-state index is 11.4. The van der Waals surface area contributed by atoms with Gasteiger partial charge in [0.25, 0.3) is 0 Å². The van der Waals surface area contributed by atoms with Crippen molar-refractivity contribution in [2.45, 2.75) is 33.3 Å². The topological polar surface area (TPSA) is 71.0 Å². The fourth-order valence-electron chi connectivity index (χ4n) is 3.28. The number of hydrogen-bond acceptors (Lipinski definition) is 4. The summed E-state index contributed by atoms with van der Waals surface area (Å²) in [6.07, 6.45) is 3.01. The second kappa shape index (κ2) is 10.3. The van der Waals surface area contributed by atoms with Gasteiger partial charge in [-0.2, -0.15) is 0 Å². The predicted molar refractivity (Wildman–Crippen MR) is 115 cm³/mol. The molecule has 0 radical (unpaired) electrons. The van der Waals surface area contributed by atoms with E-state index in [1.165, 1.54) is 11.8 Å². The number of rotatable bonds is 9. The zero-order chi connectivity index (χ0) is 20.6. The molecule has 2 rings (SSSR count). The highest BCUT2D eigenvalue weighted by molar-refractivity contribution is 7.90. The van der Waals surface area contributed by atoms with Crippen molar-refractivity contribution in [2.24, 2.45) is 16.3 Å². The third kappa shape index (κ3) is 8.19. The molecule has 158 valence electrons. The Morgan fingerprint density at radius 1 is 1.32 bits per heavy atom. The summed E-state index contributed by atoms with van der Waals surface area (Å²) < 4.78 is 28.8. The first-order valence-electron chi connectivity index (χ1n) is 9.93. The van der Waals surface area contributed by atoms with Crippen molar-refractivity contribution >= 4 is 15.8 Å². The summed E-state index contributed by atoms with van der Waals surface area (Å²) in [6.45, 7) is 8.16. The molecule has 0 saturated carbocycles. The number of hydrogen-bond donors (Lipinski definition) is 1. The van der Waals surface area contributed by atoms with E-state index in [1.54, 1.807) is 7.05 Å². The summed E-state index contributed by atoms with van der Waals surface area (Å²) in [5.41, 5.74) is 1.09. The van der Waals surface area contributed by atoms with Crippen LogP contribution in [0.5, 0.6) is 0 Å². The van der Waals surface area contributed by atoms with Gasteiger partial charge in [0.1, 0.15) is 9.84 Å². The lowest BCUT2D eigenvalue weighted by Crippen LogP contribution is -2.44. The van der Waals surface area contributed by atoms with Crippen LogP contribution in [0.25, 0.3) is 0 Å². The molecule has 0 aliphatic carbocycles. The van der Waals surface area contributed by atoms with Crippen LogP contribution < -0.4 is 5.32 Å². The lowest BCUT2D eigenvalue weighted by Gasteiger charge is -2.28. The van der Waals surface area contributed by atoms with Gasteiger partial charge in [0.05, 0.1) is 19.0 Å². The van der Waals surface area contributed by atoms with Gasteiger partial charge >= 0.3 is 0 Å². The van der Waals surface area contributed by atoms with Crippen LogP contribution in [-0.4, -0.2) is 64.6 Å². The van der Waals surface area contributed by atoms with Crippen LogP contribution in [-0.2, 0) is 21.2 Å².